The second kappa shape index (κ2) is 7.61. The maximum atomic E-state index is 12.9. The molecule has 1 aromatic carbocycles. The van der Waals surface area contributed by atoms with Gasteiger partial charge in [0.2, 0.25) is 5.91 Å². The molecule has 0 radical (unpaired) electrons. The molecule has 0 spiro atoms. The lowest BCUT2D eigenvalue weighted by atomic mass is 10.2. The van der Waals surface area contributed by atoms with Gasteiger partial charge in [0.15, 0.2) is 0 Å². The summed E-state index contributed by atoms with van der Waals surface area (Å²) >= 11 is 0. The summed E-state index contributed by atoms with van der Waals surface area (Å²) in [7, 11) is 0. The highest BCUT2D eigenvalue weighted by atomic mass is 19.1. The molecule has 0 heterocycles. The molecule has 1 rings (SSSR count). The monoisotopic (exact) mass is 251 g/mol. The first-order valence-electron chi connectivity index (χ1n) is 6.01. The second-order valence-corrected chi connectivity index (χ2v) is 4.08. The summed E-state index contributed by atoms with van der Waals surface area (Å²) in [6.45, 7) is 2.20. The van der Waals surface area contributed by atoms with Crippen LogP contribution in [-0.2, 0) is 4.79 Å². The van der Waals surface area contributed by atoms with Gasteiger partial charge in [-0.2, -0.15) is 0 Å². The van der Waals surface area contributed by atoms with Crippen LogP contribution in [0.3, 0.4) is 0 Å². The third kappa shape index (κ3) is 5.59. The molecule has 0 saturated heterocycles. The minimum Gasteiger partial charge on any atom is -0.391 e. The summed E-state index contributed by atoms with van der Waals surface area (Å²) in [6.07, 6.45) is 3.88. The Balaban J connectivity index is 2.40. The highest BCUT2D eigenvalue weighted by Gasteiger charge is 2.03. The van der Waals surface area contributed by atoms with Crippen molar-refractivity contribution in [3.05, 3.63) is 41.7 Å². The fourth-order valence-electron chi connectivity index (χ4n) is 1.49. The predicted octanol–water partition coefficient (Wildman–Crippen LogP) is 2.12. The van der Waals surface area contributed by atoms with E-state index in [4.69, 9.17) is 0 Å². The molecule has 0 aliphatic carbocycles. The van der Waals surface area contributed by atoms with Crippen LogP contribution in [0.2, 0.25) is 0 Å². The first-order valence-corrected chi connectivity index (χ1v) is 6.01. The summed E-state index contributed by atoms with van der Waals surface area (Å²) in [5.41, 5.74) is 0.624. The van der Waals surface area contributed by atoms with E-state index in [1.54, 1.807) is 12.1 Å². The Labute approximate surface area is 106 Å². The SMILES string of the molecule is CCCC(O)CNC(=O)/C=C/c1cccc(F)c1. The standard InChI is InChI=1S/C14H18FNO2/c1-2-4-13(17)10-16-14(18)8-7-11-5-3-6-12(15)9-11/h3,5-9,13,17H,2,4,10H2,1H3,(H,16,18)/b8-7+. The van der Waals surface area contributed by atoms with E-state index in [0.717, 1.165) is 6.42 Å². The van der Waals surface area contributed by atoms with Crippen LogP contribution in [0.15, 0.2) is 30.3 Å². The summed E-state index contributed by atoms with van der Waals surface area (Å²) in [6, 6.07) is 5.98. The Hall–Kier alpha value is -1.68. The van der Waals surface area contributed by atoms with Gasteiger partial charge in [-0.15, -0.1) is 0 Å². The highest BCUT2D eigenvalue weighted by Crippen LogP contribution is 2.05. The molecule has 0 bridgehead atoms. The Kier molecular flexibility index (Phi) is 6.08. The topological polar surface area (TPSA) is 49.3 Å². The number of carbonyl (C=O) groups excluding carboxylic acids is 1. The molecule has 18 heavy (non-hydrogen) atoms. The quantitative estimate of drug-likeness (QED) is 0.761. The van der Waals surface area contributed by atoms with Crippen molar-refractivity contribution in [2.45, 2.75) is 25.9 Å². The van der Waals surface area contributed by atoms with Crippen molar-refractivity contribution < 1.29 is 14.3 Å². The summed E-state index contributed by atoms with van der Waals surface area (Å²) in [5, 5.41) is 12.0. The van der Waals surface area contributed by atoms with Gasteiger partial charge in [0, 0.05) is 12.6 Å². The molecule has 1 aromatic rings. The maximum Gasteiger partial charge on any atom is 0.244 e. The number of nitrogens with one attached hydrogen (secondary N) is 1. The zero-order valence-electron chi connectivity index (χ0n) is 10.4. The number of carbonyl (C=O) groups is 1. The van der Waals surface area contributed by atoms with E-state index in [0.29, 0.717) is 12.0 Å². The molecule has 3 nitrogen and oxygen atoms in total. The third-order valence-electron chi connectivity index (χ3n) is 2.41. The maximum absolute atomic E-state index is 12.9. The summed E-state index contributed by atoms with van der Waals surface area (Å²) < 4.78 is 12.9. The fourth-order valence-corrected chi connectivity index (χ4v) is 1.49. The highest BCUT2D eigenvalue weighted by molar-refractivity contribution is 5.91. The van der Waals surface area contributed by atoms with Crippen LogP contribution >= 0.6 is 0 Å². The summed E-state index contributed by atoms with van der Waals surface area (Å²) in [4.78, 5) is 11.4. The number of hydrogen-bond donors (Lipinski definition) is 2. The van der Waals surface area contributed by atoms with Crippen molar-refractivity contribution in [1.82, 2.24) is 5.32 Å². The summed E-state index contributed by atoms with van der Waals surface area (Å²) in [5.74, 6) is -0.634. The molecule has 1 atom stereocenters. The number of aliphatic hydroxyl groups is 1. The molecule has 0 fully saturated rings. The van der Waals surface area contributed by atoms with Crippen molar-refractivity contribution in [1.29, 1.82) is 0 Å². The zero-order chi connectivity index (χ0) is 13.4. The van der Waals surface area contributed by atoms with Crippen LogP contribution in [0.1, 0.15) is 25.3 Å². The molecule has 0 saturated carbocycles. The number of benzene rings is 1. The molecule has 1 amide bonds. The normalized spacial score (nSPS) is 12.6. The third-order valence-corrected chi connectivity index (χ3v) is 2.41. The van der Waals surface area contributed by atoms with Gasteiger partial charge in [-0.25, -0.2) is 4.39 Å². The van der Waals surface area contributed by atoms with E-state index in [-0.39, 0.29) is 18.3 Å². The Morgan fingerprint density at radius 1 is 1.56 bits per heavy atom. The van der Waals surface area contributed by atoms with Crippen LogP contribution < -0.4 is 5.32 Å². The molecular formula is C14H18FNO2. The molecule has 98 valence electrons. The molecular weight excluding hydrogens is 233 g/mol. The van der Waals surface area contributed by atoms with Gasteiger partial charge in [0.25, 0.3) is 0 Å². The van der Waals surface area contributed by atoms with E-state index in [2.05, 4.69) is 5.32 Å². The van der Waals surface area contributed by atoms with E-state index < -0.39 is 6.10 Å². The Bertz CT molecular complexity index is 418. The largest absolute Gasteiger partial charge is 0.391 e. The van der Waals surface area contributed by atoms with Gasteiger partial charge in [0.05, 0.1) is 6.10 Å². The average Bonchev–Trinajstić information content (AvgIpc) is 2.34. The van der Waals surface area contributed by atoms with E-state index in [1.807, 2.05) is 6.92 Å². The molecule has 0 aliphatic heterocycles. The van der Waals surface area contributed by atoms with Gasteiger partial charge < -0.3 is 10.4 Å². The van der Waals surface area contributed by atoms with Crippen molar-refractivity contribution in [2.24, 2.45) is 0 Å². The number of hydrogen-bond acceptors (Lipinski definition) is 2. The van der Waals surface area contributed by atoms with Gasteiger partial charge in [-0.3, -0.25) is 4.79 Å². The lowest BCUT2D eigenvalue weighted by Gasteiger charge is -2.08. The average molecular weight is 251 g/mol. The second-order valence-electron chi connectivity index (χ2n) is 4.08. The van der Waals surface area contributed by atoms with Crippen LogP contribution in [-0.4, -0.2) is 23.7 Å². The molecule has 4 heteroatoms. The number of amides is 1. The van der Waals surface area contributed by atoms with Crippen LogP contribution in [0, 0.1) is 5.82 Å². The van der Waals surface area contributed by atoms with Crippen LogP contribution in [0.4, 0.5) is 4.39 Å². The van der Waals surface area contributed by atoms with Crippen LogP contribution in [0.25, 0.3) is 6.08 Å². The zero-order valence-corrected chi connectivity index (χ0v) is 10.4. The lowest BCUT2D eigenvalue weighted by Crippen LogP contribution is -2.30. The minimum atomic E-state index is -0.512. The molecule has 2 N–H and O–H groups in total. The van der Waals surface area contributed by atoms with E-state index in [9.17, 15) is 14.3 Å². The lowest BCUT2D eigenvalue weighted by molar-refractivity contribution is -0.116. The molecule has 1 unspecified atom stereocenters. The van der Waals surface area contributed by atoms with Crippen LogP contribution in [0.5, 0.6) is 0 Å². The van der Waals surface area contributed by atoms with Crippen molar-refractivity contribution in [2.75, 3.05) is 6.54 Å². The number of rotatable bonds is 6. The van der Waals surface area contributed by atoms with Crippen molar-refractivity contribution in [3.8, 4) is 0 Å². The molecule has 0 aromatic heterocycles. The number of aliphatic hydroxyl groups excluding tert-OH is 1. The van der Waals surface area contributed by atoms with Gasteiger partial charge in [-0.1, -0.05) is 25.5 Å². The van der Waals surface area contributed by atoms with E-state index >= 15 is 0 Å². The Morgan fingerprint density at radius 2 is 2.33 bits per heavy atom. The van der Waals surface area contributed by atoms with Gasteiger partial charge in [-0.05, 0) is 30.2 Å². The molecule has 0 aliphatic rings. The van der Waals surface area contributed by atoms with E-state index in [1.165, 1.54) is 24.3 Å². The van der Waals surface area contributed by atoms with Crippen molar-refractivity contribution in [3.63, 3.8) is 0 Å². The first kappa shape index (κ1) is 14.4. The minimum absolute atomic E-state index is 0.236. The van der Waals surface area contributed by atoms with Crippen molar-refractivity contribution >= 4 is 12.0 Å². The Morgan fingerprint density at radius 3 is 3.00 bits per heavy atom. The van der Waals surface area contributed by atoms with Gasteiger partial charge >= 0.3 is 0 Å². The fraction of sp³-hybridized carbons (Fsp3) is 0.357. The smallest absolute Gasteiger partial charge is 0.244 e. The van der Waals surface area contributed by atoms with Gasteiger partial charge in [0.1, 0.15) is 5.82 Å². The number of halogens is 1. The first-order chi connectivity index (χ1) is 8.61. The predicted molar refractivity (Wildman–Crippen MR) is 69.4 cm³/mol.